The summed E-state index contributed by atoms with van der Waals surface area (Å²) < 4.78 is 4.32. The van der Waals surface area contributed by atoms with E-state index >= 15 is 0 Å². The minimum absolute atomic E-state index is 0.213. The standard InChI is InChI=1S/C19H25N7/c1-3-9-25-13-21-24-17(25)11-26-12-20-18(15-7-5-4-6-8-15)19(26)16-10-14(2)22-23-16/h4-8,12-14,16,22-23H,3,9-11H2,1-2H3. The Labute approximate surface area is 153 Å². The number of nitrogens with zero attached hydrogens (tertiary/aromatic N) is 5. The molecule has 7 heteroatoms. The van der Waals surface area contributed by atoms with Gasteiger partial charge in [0.2, 0.25) is 0 Å². The first-order valence-corrected chi connectivity index (χ1v) is 9.24. The first kappa shape index (κ1) is 16.9. The molecule has 0 radical (unpaired) electrons. The number of hydrazine groups is 1. The van der Waals surface area contributed by atoms with Crippen molar-refractivity contribution in [2.24, 2.45) is 0 Å². The lowest BCUT2D eigenvalue weighted by Gasteiger charge is -2.16. The topological polar surface area (TPSA) is 72.6 Å². The Balaban J connectivity index is 1.72. The molecule has 2 unspecified atom stereocenters. The van der Waals surface area contributed by atoms with Crippen LogP contribution >= 0.6 is 0 Å². The molecule has 0 spiro atoms. The number of aryl methyl sites for hydroxylation is 1. The summed E-state index contributed by atoms with van der Waals surface area (Å²) in [5, 5.41) is 8.42. The molecule has 0 saturated carbocycles. The van der Waals surface area contributed by atoms with Gasteiger partial charge in [-0.3, -0.25) is 5.43 Å². The van der Waals surface area contributed by atoms with Crippen LogP contribution in [-0.4, -0.2) is 30.4 Å². The first-order valence-electron chi connectivity index (χ1n) is 9.24. The molecule has 7 nitrogen and oxygen atoms in total. The maximum absolute atomic E-state index is 4.75. The maximum Gasteiger partial charge on any atom is 0.152 e. The predicted molar refractivity (Wildman–Crippen MR) is 100 cm³/mol. The van der Waals surface area contributed by atoms with Gasteiger partial charge in [0, 0.05) is 18.2 Å². The molecule has 2 aromatic heterocycles. The molecule has 1 aliphatic heterocycles. The third-order valence-corrected chi connectivity index (χ3v) is 4.82. The van der Waals surface area contributed by atoms with E-state index < -0.39 is 0 Å². The van der Waals surface area contributed by atoms with Crippen LogP contribution in [0, 0.1) is 0 Å². The van der Waals surface area contributed by atoms with E-state index in [1.807, 2.05) is 18.7 Å². The lowest BCUT2D eigenvalue weighted by molar-refractivity contribution is 0.527. The number of benzene rings is 1. The highest BCUT2D eigenvalue weighted by Gasteiger charge is 2.28. The molecule has 0 bridgehead atoms. The Kier molecular flexibility index (Phi) is 4.81. The average Bonchev–Trinajstić information content (AvgIpc) is 3.37. The molecular weight excluding hydrogens is 326 g/mol. The quantitative estimate of drug-likeness (QED) is 0.714. The van der Waals surface area contributed by atoms with Gasteiger partial charge >= 0.3 is 0 Å². The van der Waals surface area contributed by atoms with Gasteiger partial charge in [-0.05, 0) is 19.8 Å². The largest absolute Gasteiger partial charge is 0.325 e. The number of nitrogens with one attached hydrogen (secondary N) is 2. The summed E-state index contributed by atoms with van der Waals surface area (Å²) in [6, 6.07) is 11.0. The summed E-state index contributed by atoms with van der Waals surface area (Å²) in [5.41, 5.74) is 10.1. The van der Waals surface area contributed by atoms with E-state index in [9.17, 15) is 0 Å². The highest BCUT2D eigenvalue weighted by Crippen LogP contribution is 2.31. The van der Waals surface area contributed by atoms with E-state index in [0.717, 1.165) is 36.5 Å². The van der Waals surface area contributed by atoms with Crippen molar-refractivity contribution in [1.82, 2.24) is 35.2 Å². The van der Waals surface area contributed by atoms with Crippen LogP contribution in [0.25, 0.3) is 11.3 Å². The van der Waals surface area contributed by atoms with Crippen LogP contribution in [0.15, 0.2) is 43.0 Å². The summed E-state index contributed by atoms with van der Waals surface area (Å²) in [7, 11) is 0. The predicted octanol–water partition coefficient (Wildman–Crippen LogP) is 2.53. The van der Waals surface area contributed by atoms with Crippen molar-refractivity contribution < 1.29 is 0 Å². The molecular formula is C19H25N7. The van der Waals surface area contributed by atoms with Crippen LogP contribution in [0.5, 0.6) is 0 Å². The lowest BCUT2D eigenvalue weighted by atomic mass is 10.0. The molecule has 3 heterocycles. The van der Waals surface area contributed by atoms with Crippen LogP contribution in [0.3, 0.4) is 0 Å². The fraction of sp³-hybridized carbons (Fsp3) is 0.421. The smallest absolute Gasteiger partial charge is 0.152 e. The van der Waals surface area contributed by atoms with Crippen LogP contribution in [0.4, 0.5) is 0 Å². The number of hydrogen-bond acceptors (Lipinski definition) is 5. The van der Waals surface area contributed by atoms with Crippen LogP contribution in [0.2, 0.25) is 0 Å². The van der Waals surface area contributed by atoms with Crippen LogP contribution in [0.1, 0.15) is 44.2 Å². The minimum atomic E-state index is 0.213. The average molecular weight is 351 g/mol. The van der Waals surface area contributed by atoms with Crippen molar-refractivity contribution in [2.75, 3.05) is 0 Å². The van der Waals surface area contributed by atoms with Gasteiger partial charge < -0.3 is 9.13 Å². The van der Waals surface area contributed by atoms with Crippen molar-refractivity contribution in [3.05, 3.63) is 54.5 Å². The Morgan fingerprint density at radius 3 is 2.69 bits per heavy atom. The fourth-order valence-electron chi connectivity index (χ4n) is 3.58. The lowest BCUT2D eigenvalue weighted by Crippen LogP contribution is -2.29. The summed E-state index contributed by atoms with van der Waals surface area (Å²) in [4.78, 5) is 4.75. The number of imidazole rings is 1. The zero-order valence-electron chi connectivity index (χ0n) is 15.3. The monoisotopic (exact) mass is 351 g/mol. The molecule has 3 aromatic rings. The van der Waals surface area contributed by atoms with Gasteiger partial charge in [-0.25, -0.2) is 10.4 Å². The molecule has 1 aliphatic rings. The van der Waals surface area contributed by atoms with Crippen LogP contribution < -0.4 is 10.9 Å². The molecule has 1 fully saturated rings. The molecule has 26 heavy (non-hydrogen) atoms. The normalized spacial score (nSPS) is 19.9. The molecule has 2 N–H and O–H groups in total. The van der Waals surface area contributed by atoms with Crippen molar-refractivity contribution in [1.29, 1.82) is 0 Å². The van der Waals surface area contributed by atoms with Gasteiger partial charge in [0.1, 0.15) is 6.33 Å². The Morgan fingerprint density at radius 2 is 1.96 bits per heavy atom. The van der Waals surface area contributed by atoms with E-state index in [1.165, 1.54) is 5.69 Å². The number of rotatable bonds is 6. The summed E-state index contributed by atoms with van der Waals surface area (Å²) in [6.07, 6.45) is 5.81. The van der Waals surface area contributed by atoms with E-state index in [-0.39, 0.29) is 6.04 Å². The zero-order valence-corrected chi connectivity index (χ0v) is 15.3. The summed E-state index contributed by atoms with van der Waals surface area (Å²) in [5.74, 6) is 0.962. The molecule has 0 aliphatic carbocycles. The second-order valence-corrected chi connectivity index (χ2v) is 6.89. The maximum atomic E-state index is 4.75. The van der Waals surface area contributed by atoms with Crippen molar-refractivity contribution in [2.45, 2.75) is 51.9 Å². The zero-order chi connectivity index (χ0) is 17.9. The van der Waals surface area contributed by atoms with E-state index in [1.54, 1.807) is 0 Å². The van der Waals surface area contributed by atoms with Crippen molar-refractivity contribution >= 4 is 0 Å². The number of aromatic nitrogens is 5. The van der Waals surface area contributed by atoms with E-state index in [0.29, 0.717) is 12.6 Å². The van der Waals surface area contributed by atoms with Gasteiger partial charge in [0.25, 0.3) is 0 Å². The Morgan fingerprint density at radius 1 is 1.12 bits per heavy atom. The summed E-state index contributed by atoms with van der Waals surface area (Å²) in [6.45, 7) is 5.95. The second-order valence-electron chi connectivity index (χ2n) is 6.89. The summed E-state index contributed by atoms with van der Waals surface area (Å²) >= 11 is 0. The molecule has 136 valence electrons. The third kappa shape index (κ3) is 3.27. The van der Waals surface area contributed by atoms with E-state index in [2.05, 4.69) is 68.3 Å². The third-order valence-electron chi connectivity index (χ3n) is 4.82. The Hall–Kier alpha value is -2.51. The van der Waals surface area contributed by atoms with Gasteiger partial charge in [-0.2, -0.15) is 0 Å². The minimum Gasteiger partial charge on any atom is -0.325 e. The highest BCUT2D eigenvalue weighted by molar-refractivity contribution is 5.62. The molecule has 4 rings (SSSR count). The molecule has 1 saturated heterocycles. The van der Waals surface area contributed by atoms with Gasteiger partial charge in [-0.15, -0.1) is 10.2 Å². The van der Waals surface area contributed by atoms with E-state index in [4.69, 9.17) is 4.98 Å². The molecule has 1 aromatic carbocycles. The molecule has 0 amide bonds. The van der Waals surface area contributed by atoms with Gasteiger partial charge in [0.05, 0.1) is 30.3 Å². The van der Waals surface area contributed by atoms with Crippen LogP contribution in [-0.2, 0) is 13.1 Å². The van der Waals surface area contributed by atoms with Gasteiger partial charge in [-0.1, -0.05) is 37.3 Å². The highest BCUT2D eigenvalue weighted by atomic mass is 15.4. The van der Waals surface area contributed by atoms with Crippen molar-refractivity contribution in [3.63, 3.8) is 0 Å². The second kappa shape index (κ2) is 7.39. The number of hydrogen-bond donors (Lipinski definition) is 2. The molecule has 2 atom stereocenters. The Bertz CT molecular complexity index is 852. The SMILES string of the molecule is CCCn1cnnc1Cn1cnc(-c2ccccc2)c1C1CC(C)NN1. The van der Waals surface area contributed by atoms with Crippen molar-refractivity contribution in [3.8, 4) is 11.3 Å². The first-order chi connectivity index (χ1) is 12.8. The van der Waals surface area contributed by atoms with Gasteiger partial charge in [0.15, 0.2) is 5.82 Å². The fourth-order valence-corrected chi connectivity index (χ4v) is 3.58.